The zero-order valence-electron chi connectivity index (χ0n) is 23.4. The summed E-state index contributed by atoms with van der Waals surface area (Å²) in [6.45, 7) is 3.89. The lowest BCUT2D eigenvalue weighted by Crippen LogP contribution is -2.53. The lowest BCUT2D eigenvalue weighted by Gasteiger charge is -2.43. The molecule has 208 valence electrons. The molecule has 40 heavy (non-hydrogen) atoms. The van der Waals surface area contributed by atoms with Crippen LogP contribution in [-0.2, 0) is 4.79 Å². The first-order valence-corrected chi connectivity index (χ1v) is 15.3. The number of carbonyl (C=O) groups is 2. The van der Waals surface area contributed by atoms with Gasteiger partial charge in [0.2, 0.25) is 5.91 Å². The van der Waals surface area contributed by atoms with Gasteiger partial charge in [0.1, 0.15) is 0 Å². The standard InChI is InChI=1S/C34H40N4O2/c35-18-8-20-38(29-12-3-4-13-29)33(39)27-11-7-19-37(24-27)28-16-21-36(22-17-28)34(40)32-30-14-5-1-9-25(30)23-26-10-2-6-15-31(26)32/h1-2,5-6,9-10,14-15,23,27-29H,3-4,7-8,11-13,16-17,19-22,24H2. The molecule has 1 aliphatic carbocycles. The van der Waals surface area contributed by atoms with Gasteiger partial charge in [-0.2, -0.15) is 5.26 Å². The van der Waals surface area contributed by atoms with E-state index in [0.717, 1.165) is 91.8 Å². The molecule has 1 unspecified atom stereocenters. The van der Waals surface area contributed by atoms with Crippen molar-refractivity contribution in [2.75, 3.05) is 32.7 Å². The smallest absolute Gasteiger partial charge is 0.255 e. The second kappa shape index (κ2) is 12.0. The third kappa shape index (κ3) is 5.32. The fraction of sp³-hybridized carbons (Fsp3) is 0.500. The third-order valence-corrected chi connectivity index (χ3v) is 9.57. The van der Waals surface area contributed by atoms with Gasteiger partial charge in [-0.05, 0) is 72.7 Å². The van der Waals surface area contributed by atoms with Gasteiger partial charge in [-0.25, -0.2) is 0 Å². The van der Waals surface area contributed by atoms with Gasteiger partial charge in [0.05, 0.1) is 24.0 Å². The van der Waals surface area contributed by atoms with E-state index in [1.54, 1.807) is 0 Å². The molecule has 3 aromatic carbocycles. The van der Waals surface area contributed by atoms with Crippen LogP contribution in [0.4, 0.5) is 0 Å². The van der Waals surface area contributed by atoms with Crippen LogP contribution in [0, 0.1) is 17.2 Å². The molecular formula is C34H40N4O2. The van der Waals surface area contributed by atoms with E-state index in [2.05, 4.69) is 46.2 Å². The van der Waals surface area contributed by atoms with Crippen LogP contribution in [0.15, 0.2) is 54.6 Å². The van der Waals surface area contributed by atoms with Gasteiger partial charge in [0, 0.05) is 38.3 Å². The highest BCUT2D eigenvalue weighted by molar-refractivity contribution is 6.18. The highest BCUT2D eigenvalue weighted by atomic mass is 16.2. The number of nitrogens with zero attached hydrogens (tertiary/aromatic N) is 4. The fourth-order valence-electron chi connectivity index (χ4n) is 7.47. The summed E-state index contributed by atoms with van der Waals surface area (Å²) in [6, 6.07) is 21.6. The maximum absolute atomic E-state index is 14.0. The molecule has 2 aliphatic heterocycles. The molecule has 2 saturated heterocycles. The van der Waals surface area contributed by atoms with Crippen molar-refractivity contribution in [1.82, 2.24) is 14.7 Å². The van der Waals surface area contributed by atoms with Crippen LogP contribution in [0.25, 0.3) is 21.5 Å². The summed E-state index contributed by atoms with van der Waals surface area (Å²) in [5.74, 6) is 0.417. The van der Waals surface area contributed by atoms with Gasteiger partial charge in [-0.15, -0.1) is 0 Å². The zero-order valence-corrected chi connectivity index (χ0v) is 23.4. The number of fused-ring (bicyclic) bond motifs is 2. The molecule has 6 heteroatoms. The van der Waals surface area contributed by atoms with E-state index in [1.807, 2.05) is 29.2 Å². The largest absolute Gasteiger partial charge is 0.338 e. The van der Waals surface area contributed by atoms with Gasteiger partial charge < -0.3 is 9.80 Å². The van der Waals surface area contributed by atoms with Gasteiger partial charge in [0.25, 0.3) is 5.91 Å². The van der Waals surface area contributed by atoms with Crippen molar-refractivity contribution in [3.05, 3.63) is 60.2 Å². The Balaban J connectivity index is 1.13. The summed E-state index contributed by atoms with van der Waals surface area (Å²) in [6.07, 6.45) is 8.79. The number of hydrogen-bond acceptors (Lipinski definition) is 4. The normalized spacial score (nSPS) is 21.1. The minimum atomic E-state index is 0.0229. The average molecular weight is 537 g/mol. The van der Waals surface area contributed by atoms with E-state index in [-0.39, 0.29) is 17.7 Å². The molecule has 0 aromatic heterocycles. The molecule has 0 N–H and O–H groups in total. The lowest BCUT2D eigenvalue weighted by atomic mass is 9.91. The van der Waals surface area contributed by atoms with E-state index in [4.69, 9.17) is 0 Å². The number of piperidine rings is 2. The first kappa shape index (κ1) is 26.8. The molecule has 2 heterocycles. The van der Waals surface area contributed by atoms with E-state index >= 15 is 0 Å². The maximum atomic E-state index is 14.0. The number of rotatable bonds is 6. The maximum Gasteiger partial charge on any atom is 0.255 e. The Morgan fingerprint density at radius 1 is 0.850 bits per heavy atom. The lowest BCUT2D eigenvalue weighted by molar-refractivity contribution is -0.140. The van der Waals surface area contributed by atoms with E-state index < -0.39 is 0 Å². The van der Waals surface area contributed by atoms with Gasteiger partial charge in [0.15, 0.2) is 0 Å². The van der Waals surface area contributed by atoms with Crippen molar-refractivity contribution < 1.29 is 9.59 Å². The molecule has 0 spiro atoms. The average Bonchev–Trinajstić information content (AvgIpc) is 3.54. The minimum absolute atomic E-state index is 0.0229. The van der Waals surface area contributed by atoms with Crippen molar-refractivity contribution in [3.8, 4) is 6.07 Å². The van der Waals surface area contributed by atoms with E-state index in [1.165, 1.54) is 12.8 Å². The minimum Gasteiger partial charge on any atom is -0.338 e. The second-order valence-corrected chi connectivity index (χ2v) is 11.9. The predicted molar refractivity (Wildman–Crippen MR) is 159 cm³/mol. The molecule has 3 fully saturated rings. The van der Waals surface area contributed by atoms with Crippen molar-refractivity contribution >= 4 is 33.4 Å². The van der Waals surface area contributed by atoms with Crippen LogP contribution in [0.2, 0.25) is 0 Å². The molecule has 3 aromatic rings. The van der Waals surface area contributed by atoms with Gasteiger partial charge in [-0.3, -0.25) is 14.5 Å². The monoisotopic (exact) mass is 536 g/mol. The van der Waals surface area contributed by atoms with Crippen LogP contribution in [0.1, 0.15) is 68.1 Å². The highest BCUT2D eigenvalue weighted by Crippen LogP contribution is 2.32. The summed E-state index contributed by atoms with van der Waals surface area (Å²) in [5.41, 5.74) is 0.820. The summed E-state index contributed by atoms with van der Waals surface area (Å²) in [7, 11) is 0. The molecule has 2 amide bonds. The topological polar surface area (TPSA) is 67.7 Å². The van der Waals surface area contributed by atoms with Crippen molar-refractivity contribution in [1.29, 1.82) is 5.26 Å². The first-order chi connectivity index (χ1) is 19.6. The van der Waals surface area contributed by atoms with Crippen molar-refractivity contribution in [2.24, 2.45) is 5.92 Å². The Morgan fingerprint density at radius 3 is 2.15 bits per heavy atom. The van der Waals surface area contributed by atoms with E-state index in [0.29, 0.717) is 25.0 Å². The molecule has 6 rings (SSSR count). The summed E-state index contributed by atoms with van der Waals surface area (Å²) in [4.78, 5) is 34.3. The van der Waals surface area contributed by atoms with Crippen LogP contribution in [0.3, 0.4) is 0 Å². The van der Waals surface area contributed by atoms with Crippen LogP contribution < -0.4 is 0 Å². The Kier molecular flexibility index (Phi) is 8.02. The third-order valence-electron chi connectivity index (χ3n) is 9.57. The summed E-state index contributed by atoms with van der Waals surface area (Å²) in [5, 5.41) is 13.4. The molecular weight excluding hydrogens is 496 g/mol. The van der Waals surface area contributed by atoms with Gasteiger partial charge in [-0.1, -0.05) is 61.4 Å². The number of likely N-dealkylation sites (tertiary alicyclic amines) is 2. The van der Waals surface area contributed by atoms with Gasteiger partial charge >= 0.3 is 0 Å². The molecule has 1 atom stereocenters. The highest BCUT2D eigenvalue weighted by Gasteiger charge is 2.36. The second-order valence-electron chi connectivity index (χ2n) is 11.9. The van der Waals surface area contributed by atoms with E-state index in [9.17, 15) is 14.9 Å². The van der Waals surface area contributed by atoms with Crippen molar-refractivity contribution in [2.45, 2.75) is 69.9 Å². The Labute approximate surface area is 237 Å². The quantitative estimate of drug-likeness (QED) is 0.363. The van der Waals surface area contributed by atoms with Crippen molar-refractivity contribution in [3.63, 3.8) is 0 Å². The molecule has 0 bridgehead atoms. The van der Waals surface area contributed by atoms with Crippen LogP contribution >= 0.6 is 0 Å². The zero-order chi connectivity index (χ0) is 27.5. The first-order valence-electron chi connectivity index (χ1n) is 15.3. The number of amides is 2. The Bertz CT molecular complexity index is 1360. The Morgan fingerprint density at radius 2 is 1.50 bits per heavy atom. The molecule has 0 radical (unpaired) electrons. The number of nitriles is 1. The summed E-state index contributed by atoms with van der Waals surface area (Å²) < 4.78 is 0. The fourth-order valence-corrected chi connectivity index (χ4v) is 7.47. The number of carbonyl (C=O) groups excluding carboxylic acids is 2. The molecule has 1 saturated carbocycles. The molecule has 6 nitrogen and oxygen atoms in total. The van der Waals surface area contributed by atoms with Crippen LogP contribution in [0.5, 0.6) is 0 Å². The molecule has 3 aliphatic rings. The predicted octanol–water partition coefficient (Wildman–Crippen LogP) is 5.99. The summed E-state index contributed by atoms with van der Waals surface area (Å²) >= 11 is 0. The van der Waals surface area contributed by atoms with Crippen LogP contribution in [-0.4, -0.2) is 71.3 Å². The number of benzene rings is 3. The SMILES string of the molecule is N#CCCN(C(=O)C1CCCN(C2CCN(C(=O)c3c4ccccc4cc4ccccc34)CC2)C1)C1CCCC1. The number of hydrogen-bond donors (Lipinski definition) is 0. The Hall–Kier alpha value is -3.43.